The second-order valence-electron chi connectivity index (χ2n) is 7.59. The molecule has 148 valence electrons. The largest absolute Gasteiger partial charge is 0.481 e. The van der Waals surface area contributed by atoms with Crippen LogP contribution in [0.3, 0.4) is 0 Å². The molecule has 1 fully saturated rings. The standard InChI is InChI=1S/C21H34O5/c1-3-4-9-13-21(2,26)14-12-17-16(18(22)15-19(17)23)10-7-5-6-8-11-20(24)25/h5,7,12,14,16-18,22,26H,3-4,6,8-11,13,15H2,1-2H3,(H,24,25)/b7-5-,14-12+/t16-,17+,18-,21-/m0/s1. The van der Waals surface area contributed by atoms with E-state index >= 15 is 0 Å². The Morgan fingerprint density at radius 1 is 1.27 bits per heavy atom. The van der Waals surface area contributed by atoms with Crippen LogP contribution in [0.15, 0.2) is 24.3 Å². The molecule has 0 aromatic heterocycles. The monoisotopic (exact) mass is 366 g/mol. The van der Waals surface area contributed by atoms with Crippen molar-refractivity contribution in [1.82, 2.24) is 0 Å². The van der Waals surface area contributed by atoms with E-state index in [1.165, 1.54) is 0 Å². The van der Waals surface area contributed by atoms with Crippen molar-refractivity contribution in [2.75, 3.05) is 0 Å². The normalized spacial score (nSPS) is 26.0. The number of ketones is 1. The van der Waals surface area contributed by atoms with Crippen molar-refractivity contribution in [2.45, 2.75) is 83.3 Å². The summed E-state index contributed by atoms with van der Waals surface area (Å²) >= 11 is 0. The van der Waals surface area contributed by atoms with E-state index in [9.17, 15) is 19.8 Å². The zero-order chi connectivity index (χ0) is 19.6. The van der Waals surface area contributed by atoms with E-state index < -0.39 is 17.7 Å². The van der Waals surface area contributed by atoms with Crippen molar-refractivity contribution >= 4 is 11.8 Å². The molecule has 0 spiro atoms. The van der Waals surface area contributed by atoms with Crippen molar-refractivity contribution < 1.29 is 24.9 Å². The zero-order valence-corrected chi connectivity index (χ0v) is 16.1. The van der Waals surface area contributed by atoms with Crippen LogP contribution in [0, 0.1) is 11.8 Å². The molecule has 26 heavy (non-hydrogen) atoms. The van der Waals surface area contributed by atoms with Gasteiger partial charge in [0.15, 0.2) is 0 Å². The second-order valence-corrected chi connectivity index (χ2v) is 7.59. The van der Waals surface area contributed by atoms with Crippen LogP contribution in [0.25, 0.3) is 0 Å². The fourth-order valence-corrected chi connectivity index (χ4v) is 3.39. The average Bonchev–Trinajstić information content (AvgIpc) is 2.82. The molecule has 0 heterocycles. The van der Waals surface area contributed by atoms with E-state index in [1.54, 1.807) is 19.1 Å². The lowest BCUT2D eigenvalue weighted by Crippen LogP contribution is -2.23. The first-order chi connectivity index (χ1) is 12.3. The Bertz CT molecular complexity index is 507. The number of aliphatic carboxylic acids is 1. The smallest absolute Gasteiger partial charge is 0.303 e. The van der Waals surface area contributed by atoms with E-state index in [4.69, 9.17) is 5.11 Å². The van der Waals surface area contributed by atoms with Gasteiger partial charge in [0.2, 0.25) is 0 Å². The number of Topliss-reactive ketones (excluding diaryl/α,β-unsaturated/α-hetero) is 1. The first kappa shape index (κ1) is 22.6. The van der Waals surface area contributed by atoms with Crippen molar-refractivity contribution in [2.24, 2.45) is 11.8 Å². The Balaban J connectivity index is 2.58. The number of allylic oxidation sites excluding steroid dienone is 3. The highest BCUT2D eigenvalue weighted by atomic mass is 16.4. The number of hydrogen-bond acceptors (Lipinski definition) is 4. The van der Waals surface area contributed by atoms with E-state index in [-0.39, 0.29) is 30.5 Å². The summed E-state index contributed by atoms with van der Waals surface area (Å²) in [6, 6.07) is 0. The van der Waals surface area contributed by atoms with Gasteiger partial charge in [0.1, 0.15) is 5.78 Å². The highest BCUT2D eigenvalue weighted by molar-refractivity contribution is 5.86. The SMILES string of the molecule is CCCCC[C@](C)(O)/C=C/[C@H]1C(=O)C[C@H](O)[C@H]1C/C=C\CCCC(=O)O. The van der Waals surface area contributed by atoms with Gasteiger partial charge in [-0.3, -0.25) is 9.59 Å². The van der Waals surface area contributed by atoms with Crippen molar-refractivity contribution in [3.63, 3.8) is 0 Å². The number of unbranched alkanes of at least 4 members (excludes halogenated alkanes) is 3. The molecular weight excluding hydrogens is 332 g/mol. The summed E-state index contributed by atoms with van der Waals surface area (Å²) in [6.07, 6.45) is 12.6. The molecule has 5 nitrogen and oxygen atoms in total. The lowest BCUT2D eigenvalue weighted by Gasteiger charge is -2.21. The predicted molar refractivity (Wildman–Crippen MR) is 102 cm³/mol. The molecule has 0 radical (unpaired) electrons. The average molecular weight is 366 g/mol. The van der Waals surface area contributed by atoms with Gasteiger partial charge in [0.05, 0.1) is 11.7 Å². The quantitative estimate of drug-likeness (QED) is 0.362. The van der Waals surface area contributed by atoms with Crippen molar-refractivity contribution in [3.8, 4) is 0 Å². The molecular formula is C21H34O5. The maximum absolute atomic E-state index is 12.2. The molecule has 0 amide bonds. The van der Waals surface area contributed by atoms with Crippen LogP contribution in [-0.2, 0) is 9.59 Å². The zero-order valence-electron chi connectivity index (χ0n) is 16.1. The molecule has 1 saturated carbocycles. The molecule has 0 saturated heterocycles. The summed E-state index contributed by atoms with van der Waals surface area (Å²) in [4.78, 5) is 22.7. The second kappa shape index (κ2) is 11.3. The first-order valence-electron chi connectivity index (χ1n) is 9.76. The summed E-state index contributed by atoms with van der Waals surface area (Å²) < 4.78 is 0. The third-order valence-corrected chi connectivity index (χ3v) is 5.02. The number of carbonyl (C=O) groups excluding carboxylic acids is 1. The Hall–Kier alpha value is -1.46. The van der Waals surface area contributed by atoms with Crippen LogP contribution < -0.4 is 0 Å². The molecule has 0 aromatic carbocycles. The van der Waals surface area contributed by atoms with E-state index in [0.717, 1.165) is 19.3 Å². The topological polar surface area (TPSA) is 94.8 Å². The minimum absolute atomic E-state index is 0.0161. The first-order valence-corrected chi connectivity index (χ1v) is 9.76. The molecule has 3 N–H and O–H groups in total. The van der Waals surface area contributed by atoms with Crippen LogP contribution in [0.4, 0.5) is 0 Å². The molecule has 4 atom stereocenters. The summed E-state index contributed by atoms with van der Waals surface area (Å²) in [5, 5.41) is 29.2. The Labute approximate surface area is 156 Å². The van der Waals surface area contributed by atoms with Crippen LogP contribution in [0.5, 0.6) is 0 Å². The Morgan fingerprint density at radius 2 is 2.00 bits per heavy atom. The van der Waals surface area contributed by atoms with Gasteiger partial charge >= 0.3 is 5.97 Å². The van der Waals surface area contributed by atoms with Crippen LogP contribution in [-0.4, -0.2) is 38.8 Å². The highest BCUT2D eigenvalue weighted by Crippen LogP contribution is 2.34. The minimum atomic E-state index is -0.930. The number of rotatable bonds is 12. The maximum atomic E-state index is 12.2. The molecule has 0 aromatic rings. The summed E-state index contributed by atoms with van der Waals surface area (Å²) in [6.45, 7) is 3.87. The van der Waals surface area contributed by atoms with Crippen LogP contribution in [0.1, 0.15) is 71.6 Å². The van der Waals surface area contributed by atoms with E-state index in [2.05, 4.69) is 6.92 Å². The van der Waals surface area contributed by atoms with Gasteiger partial charge in [-0.25, -0.2) is 0 Å². The maximum Gasteiger partial charge on any atom is 0.303 e. The van der Waals surface area contributed by atoms with Gasteiger partial charge in [-0.2, -0.15) is 0 Å². The number of carboxylic acid groups (broad SMARTS) is 1. The van der Waals surface area contributed by atoms with Gasteiger partial charge in [-0.1, -0.05) is 50.5 Å². The summed E-state index contributed by atoms with van der Waals surface area (Å²) in [5.74, 6) is -1.33. The summed E-state index contributed by atoms with van der Waals surface area (Å²) in [7, 11) is 0. The van der Waals surface area contributed by atoms with Gasteiger partial charge in [0.25, 0.3) is 0 Å². The number of hydrogen-bond donors (Lipinski definition) is 3. The lowest BCUT2D eigenvalue weighted by molar-refractivity contribution is -0.137. The molecule has 1 rings (SSSR count). The van der Waals surface area contributed by atoms with Crippen molar-refractivity contribution in [1.29, 1.82) is 0 Å². The van der Waals surface area contributed by atoms with Gasteiger partial charge in [0, 0.05) is 24.7 Å². The molecule has 0 unspecified atom stereocenters. The number of aliphatic hydroxyl groups excluding tert-OH is 1. The predicted octanol–water partition coefficient (Wildman–Crippen LogP) is 3.64. The lowest BCUT2D eigenvalue weighted by atomic mass is 9.88. The van der Waals surface area contributed by atoms with Gasteiger partial charge < -0.3 is 15.3 Å². The number of aliphatic hydroxyl groups is 2. The van der Waals surface area contributed by atoms with Crippen LogP contribution >= 0.6 is 0 Å². The molecule has 5 heteroatoms. The van der Waals surface area contributed by atoms with Gasteiger partial charge in [-0.05, 0) is 32.6 Å². The number of carbonyl (C=O) groups is 2. The minimum Gasteiger partial charge on any atom is -0.481 e. The summed E-state index contributed by atoms with van der Waals surface area (Å²) in [5.41, 5.74) is -0.930. The Kier molecular flexibility index (Phi) is 9.81. The highest BCUT2D eigenvalue weighted by Gasteiger charge is 2.39. The van der Waals surface area contributed by atoms with Crippen LogP contribution in [0.2, 0.25) is 0 Å². The van der Waals surface area contributed by atoms with Crippen molar-refractivity contribution in [3.05, 3.63) is 24.3 Å². The third-order valence-electron chi connectivity index (χ3n) is 5.02. The molecule has 0 bridgehead atoms. The third kappa shape index (κ3) is 8.28. The Morgan fingerprint density at radius 3 is 2.65 bits per heavy atom. The molecule has 0 aliphatic heterocycles. The van der Waals surface area contributed by atoms with E-state index in [0.29, 0.717) is 25.7 Å². The fraction of sp³-hybridized carbons (Fsp3) is 0.714. The number of carboxylic acids is 1. The van der Waals surface area contributed by atoms with E-state index in [1.807, 2.05) is 12.2 Å². The molecule has 1 aliphatic carbocycles. The fourth-order valence-electron chi connectivity index (χ4n) is 3.39. The molecule has 1 aliphatic rings. The van der Waals surface area contributed by atoms with Gasteiger partial charge in [-0.15, -0.1) is 0 Å².